The van der Waals surface area contributed by atoms with Gasteiger partial charge >= 0.3 is 0 Å². The Bertz CT molecular complexity index is 636. The van der Waals surface area contributed by atoms with E-state index in [1.54, 1.807) is 0 Å². The van der Waals surface area contributed by atoms with Crippen LogP contribution in [0.5, 0.6) is 0 Å². The third kappa shape index (κ3) is 3.39. The van der Waals surface area contributed by atoms with Gasteiger partial charge in [-0.3, -0.25) is 4.79 Å². The topological polar surface area (TPSA) is 46.1 Å². The highest BCUT2D eigenvalue weighted by Gasteiger charge is 2.33. The van der Waals surface area contributed by atoms with E-state index in [1.807, 2.05) is 4.90 Å². The third-order valence-electron chi connectivity index (χ3n) is 3.56. The Morgan fingerprint density at radius 1 is 1.24 bits per heavy atom. The van der Waals surface area contributed by atoms with Crippen LogP contribution in [-0.2, 0) is 6.54 Å². The number of carbonyl (C=O) groups is 1. The van der Waals surface area contributed by atoms with Crippen molar-refractivity contribution in [3.05, 3.63) is 58.6 Å². The largest absolute Gasteiger partial charge is 0.330 e. The Kier molecular flexibility index (Phi) is 3.88. The Hall–Kier alpha value is -1.94. The molecular formula is C16H16ClN3O. The molecule has 0 saturated heterocycles. The normalized spacial score (nSPS) is 14.0. The van der Waals surface area contributed by atoms with Gasteiger partial charge in [0.15, 0.2) is 0 Å². The van der Waals surface area contributed by atoms with Crippen molar-refractivity contribution in [3.63, 3.8) is 0 Å². The highest BCUT2D eigenvalue weighted by molar-refractivity contribution is 6.29. The number of carbonyl (C=O) groups excluding carboxylic acids is 1. The fourth-order valence-electron chi connectivity index (χ4n) is 2.21. The molecule has 1 aromatic carbocycles. The van der Waals surface area contributed by atoms with Crippen LogP contribution in [0.1, 0.15) is 34.5 Å². The van der Waals surface area contributed by atoms with Crippen LogP contribution in [0.2, 0.25) is 5.15 Å². The summed E-state index contributed by atoms with van der Waals surface area (Å²) in [5.74, 6) is -0.0813. The summed E-state index contributed by atoms with van der Waals surface area (Å²) in [6.07, 6.45) is 4.96. The lowest BCUT2D eigenvalue weighted by Crippen LogP contribution is -2.33. The van der Waals surface area contributed by atoms with Crippen molar-refractivity contribution >= 4 is 17.5 Å². The summed E-state index contributed by atoms with van der Waals surface area (Å²) in [6, 6.07) is 8.56. The maximum Gasteiger partial charge on any atom is 0.274 e. The van der Waals surface area contributed by atoms with E-state index in [9.17, 15) is 4.79 Å². The molecule has 3 rings (SSSR count). The summed E-state index contributed by atoms with van der Waals surface area (Å²) in [6.45, 7) is 2.66. The van der Waals surface area contributed by atoms with Gasteiger partial charge in [0.1, 0.15) is 10.8 Å². The molecular weight excluding hydrogens is 286 g/mol. The minimum atomic E-state index is -0.0813. The van der Waals surface area contributed by atoms with Gasteiger partial charge in [-0.05, 0) is 25.3 Å². The van der Waals surface area contributed by atoms with Crippen LogP contribution in [0.25, 0.3) is 0 Å². The Morgan fingerprint density at radius 2 is 1.95 bits per heavy atom. The van der Waals surface area contributed by atoms with Gasteiger partial charge < -0.3 is 4.90 Å². The van der Waals surface area contributed by atoms with Crippen LogP contribution in [0.3, 0.4) is 0 Å². The molecule has 21 heavy (non-hydrogen) atoms. The number of amides is 1. The van der Waals surface area contributed by atoms with E-state index in [4.69, 9.17) is 11.6 Å². The Morgan fingerprint density at radius 3 is 2.52 bits per heavy atom. The molecule has 0 unspecified atom stereocenters. The lowest BCUT2D eigenvalue weighted by atomic mass is 10.1. The van der Waals surface area contributed by atoms with Crippen molar-refractivity contribution in [3.8, 4) is 0 Å². The molecule has 4 nitrogen and oxygen atoms in total. The zero-order valence-electron chi connectivity index (χ0n) is 11.8. The summed E-state index contributed by atoms with van der Waals surface area (Å²) in [5, 5.41) is 0.294. The molecule has 1 saturated carbocycles. The van der Waals surface area contributed by atoms with E-state index in [-0.39, 0.29) is 5.91 Å². The predicted octanol–water partition coefficient (Wildman–Crippen LogP) is 3.24. The first-order valence-electron chi connectivity index (χ1n) is 6.97. The van der Waals surface area contributed by atoms with E-state index < -0.39 is 0 Å². The molecule has 2 aromatic rings. The van der Waals surface area contributed by atoms with Gasteiger partial charge in [-0.1, -0.05) is 41.4 Å². The number of halogens is 1. The average molecular weight is 302 g/mol. The molecule has 1 aliphatic carbocycles. The van der Waals surface area contributed by atoms with E-state index in [1.165, 1.54) is 18.0 Å². The highest BCUT2D eigenvalue weighted by Crippen LogP contribution is 2.29. The van der Waals surface area contributed by atoms with Crippen LogP contribution in [-0.4, -0.2) is 26.8 Å². The predicted molar refractivity (Wildman–Crippen MR) is 81.1 cm³/mol. The quantitative estimate of drug-likeness (QED) is 0.871. The smallest absolute Gasteiger partial charge is 0.274 e. The monoisotopic (exact) mass is 301 g/mol. The molecule has 1 aliphatic rings. The number of rotatable bonds is 4. The standard InChI is InChI=1S/C16H16ClN3O/c1-11-2-4-12(5-3-11)10-20(13-6-7-13)16(21)14-8-19-15(17)9-18-14/h2-5,8-9,13H,6-7,10H2,1H3. The van der Waals surface area contributed by atoms with Crippen molar-refractivity contribution in [2.24, 2.45) is 0 Å². The Balaban J connectivity index is 1.79. The van der Waals surface area contributed by atoms with Crippen molar-refractivity contribution < 1.29 is 4.79 Å². The summed E-state index contributed by atoms with van der Waals surface area (Å²) < 4.78 is 0. The highest BCUT2D eigenvalue weighted by atomic mass is 35.5. The zero-order valence-corrected chi connectivity index (χ0v) is 12.5. The summed E-state index contributed by atoms with van der Waals surface area (Å²) in [4.78, 5) is 22.5. The van der Waals surface area contributed by atoms with E-state index in [2.05, 4.69) is 41.2 Å². The molecule has 108 valence electrons. The van der Waals surface area contributed by atoms with Crippen LogP contribution < -0.4 is 0 Å². The van der Waals surface area contributed by atoms with Crippen LogP contribution in [0.4, 0.5) is 0 Å². The minimum Gasteiger partial charge on any atom is -0.330 e. The lowest BCUT2D eigenvalue weighted by Gasteiger charge is -2.22. The number of aromatic nitrogens is 2. The summed E-state index contributed by atoms with van der Waals surface area (Å²) in [5.41, 5.74) is 2.69. The van der Waals surface area contributed by atoms with E-state index in [0.29, 0.717) is 23.4 Å². The fourth-order valence-corrected chi connectivity index (χ4v) is 2.31. The summed E-state index contributed by atoms with van der Waals surface area (Å²) >= 11 is 5.72. The van der Waals surface area contributed by atoms with Crippen LogP contribution in [0, 0.1) is 6.92 Å². The molecule has 1 heterocycles. The number of benzene rings is 1. The number of aryl methyl sites for hydroxylation is 1. The molecule has 0 atom stereocenters. The molecule has 1 aromatic heterocycles. The van der Waals surface area contributed by atoms with Crippen molar-refractivity contribution in [2.75, 3.05) is 0 Å². The zero-order chi connectivity index (χ0) is 14.8. The minimum absolute atomic E-state index is 0.0813. The lowest BCUT2D eigenvalue weighted by molar-refractivity contribution is 0.0723. The van der Waals surface area contributed by atoms with Gasteiger partial charge in [0.2, 0.25) is 0 Å². The second-order valence-corrected chi connectivity index (χ2v) is 5.76. The van der Waals surface area contributed by atoms with Crippen LogP contribution in [0.15, 0.2) is 36.7 Å². The average Bonchev–Trinajstić information content (AvgIpc) is 3.31. The first kappa shape index (κ1) is 14.0. The first-order valence-corrected chi connectivity index (χ1v) is 7.35. The number of hydrogen-bond acceptors (Lipinski definition) is 3. The molecule has 0 aliphatic heterocycles. The maximum absolute atomic E-state index is 12.6. The van der Waals surface area contributed by atoms with E-state index >= 15 is 0 Å². The molecule has 1 amide bonds. The van der Waals surface area contributed by atoms with Crippen molar-refractivity contribution in [1.82, 2.24) is 14.9 Å². The molecule has 0 spiro atoms. The second kappa shape index (κ2) is 5.82. The molecule has 5 heteroatoms. The molecule has 0 radical (unpaired) electrons. The summed E-state index contributed by atoms with van der Waals surface area (Å²) in [7, 11) is 0. The van der Waals surface area contributed by atoms with Gasteiger partial charge in [0, 0.05) is 12.6 Å². The molecule has 0 bridgehead atoms. The number of hydrogen-bond donors (Lipinski definition) is 0. The van der Waals surface area contributed by atoms with E-state index in [0.717, 1.165) is 18.4 Å². The fraction of sp³-hybridized carbons (Fsp3) is 0.312. The Labute approximate surface area is 128 Å². The van der Waals surface area contributed by atoms with Gasteiger partial charge in [0.25, 0.3) is 5.91 Å². The van der Waals surface area contributed by atoms with Gasteiger partial charge in [0.05, 0.1) is 12.4 Å². The van der Waals surface area contributed by atoms with Gasteiger partial charge in [-0.25, -0.2) is 9.97 Å². The molecule has 1 fully saturated rings. The third-order valence-corrected chi connectivity index (χ3v) is 3.76. The first-order chi connectivity index (χ1) is 10.1. The van der Waals surface area contributed by atoms with Crippen molar-refractivity contribution in [1.29, 1.82) is 0 Å². The second-order valence-electron chi connectivity index (χ2n) is 5.37. The maximum atomic E-state index is 12.6. The van der Waals surface area contributed by atoms with Gasteiger partial charge in [-0.2, -0.15) is 0 Å². The SMILES string of the molecule is Cc1ccc(CN(C(=O)c2cnc(Cl)cn2)C2CC2)cc1. The molecule has 0 N–H and O–H groups in total. The van der Waals surface area contributed by atoms with Crippen LogP contribution >= 0.6 is 11.6 Å². The van der Waals surface area contributed by atoms with Crippen molar-refractivity contribution in [2.45, 2.75) is 32.4 Å². The van der Waals surface area contributed by atoms with Gasteiger partial charge in [-0.15, -0.1) is 0 Å². The number of nitrogens with zero attached hydrogens (tertiary/aromatic N) is 3.